The second-order valence-corrected chi connectivity index (χ2v) is 16.8. The van der Waals surface area contributed by atoms with E-state index in [4.69, 9.17) is 9.16 Å². The molecule has 2 unspecified atom stereocenters. The van der Waals surface area contributed by atoms with Gasteiger partial charge in [0, 0.05) is 11.8 Å². The van der Waals surface area contributed by atoms with Gasteiger partial charge in [0.2, 0.25) is 8.32 Å². The summed E-state index contributed by atoms with van der Waals surface area (Å²) in [7, 11) is -3.57. The largest absolute Gasteiger partial charge is 0.457 e. The van der Waals surface area contributed by atoms with E-state index >= 15 is 0 Å². The van der Waals surface area contributed by atoms with Crippen LogP contribution in [0.2, 0.25) is 32.7 Å². The molecule has 0 aliphatic heterocycles. The Morgan fingerprint density at radius 3 is 2.05 bits per heavy atom. The van der Waals surface area contributed by atoms with Gasteiger partial charge in [-0.1, -0.05) is 40.1 Å². The Bertz CT molecular complexity index is 348. The Morgan fingerprint density at radius 2 is 1.75 bits per heavy atom. The molecule has 0 aromatic heterocycles. The van der Waals surface area contributed by atoms with Crippen molar-refractivity contribution in [2.24, 2.45) is 0 Å². The molecule has 0 amide bonds. The molecule has 0 aliphatic carbocycles. The fraction of sp³-hybridized carbons (Fsp3) is 0.800. The molecule has 0 heterocycles. The van der Waals surface area contributed by atoms with Gasteiger partial charge in [-0.3, -0.25) is 0 Å². The first-order valence-corrected chi connectivity index (χ1v) is 13.9. The molecule has 118 valence electrons. The van der Waals surface area contributed by atoms with Crippen LogP contribution in [0, 0.1) is 0 Å². The van der Waals surface area contributed by atoms with Gasteiger partial charge in [0.25, 0.3) is 0 Å². The number of hydrogen-bond donors (Lipinski definition) is 0. The molecule has 0 aliphatic rings. The van der Waals surface area contributed by atoms with Crippen LogP contribution in [0.5, 0.6) is 0 Å². The average Bonchev–Trinajstić information content (AvgIpc) is 2.33. The maximum absolute atomic E-state index is 11.6. The van der Waals surface area contributed by atoms with Gasteiger partial charge < -0.3 is 9.16 Å². The van der Waals surface area contributed by atoms with Crippen molar-refractivity contribution in [1.82, 2.24) is 0 Å². The second-order valence-electron chi connectivity index (χ2n) is 7.10. The van der Waals surface area contributed by atoms with Gasteiger partial charge in [-0.05, 0) is 32.9 Å². The summed E-state index contributed by atoms with van der Waals surface area (Å²) in [6.45, 7) is 21.0. The Labute approximate surface area is 126 Å². The summed E-state index contributed by atoms with van der Waals surface area (Å²) >= 11 is 0. The molecule has 0 rings (SSSR count). The third kappa shape index (κ3) is 4.86. The van der Waals surface area contributed by atoms with Crippen LogP contribution < -0.4 is 0 Å². The SMILES string of the molecule is C=CC(=O)OC(C)(CC)[Si](C)(C)OC(CC)[Si](C)(C)C. The van der Waals surface area contributed by atoms with Gasteiger partial charge in [0.15, 0.2) is 0 Å². The first kappa shape index (κ1) is 19.6. The van der Waals surface area contributed by atoms with Gasteiger partial charge in [-0.15, -0.1) is 0 Å². The Balaban J connectivity index is 5.24. The van der Waals surface area contributed by atoms with Crippen molar-refractivity contribution in [3.63, 3.8) is 0 Å². The molecule has 2 atom stereocenters. The molecule has 3 nitrogen and oxygen atoms in total. The number of carbonyl (C=O) groups is 1. The second kappa shape index (κ2) is 7.05. The van der Waals surface area contributed by atoms with Crippen LogP contribution in [-0.2, 0) is 14.0 Å². The third-order valence-electron chi connectivity index (χ3n) is 4.21. The molecule has 0 bridgehead atoms. The minimum atomic E-state index is -2.19. The van der Waals surface area contributed by atoms with Gasteiger partial charge >= 0.3 is 5.97 Å². The highest BCUT2D eigenvalue weighted by Gasteiger charge is 2.49. The van der Waals surface area contributed by atoms with Crippen LogP contribution in [0.1, 0.15) is 33.6 Å². The van der Waals surface area contributed by atoms with Crippen LogP contribution in [-0.4, -0.2) is 33.3 Å². The Morgan fingerprint density at radius 1 is 1.25 bits per heavy atom. The summed E-state index contributed by atoms with van der Waals surface area (Å²) in [4.78, 5) is 11.6. The number of hydrogen-bond acceptors (Lipinski definition) is 3. The minimum absolute atomic E-state index is 0.303. The third-order valence-corrected chi connectivity index (χ3v) is 10.8. The zero-order valence-electron chi connectivity index (χ0n) is 14.5. The standard InChI is InChI=1S/C15H32O3Si2/c1-10-13(16)17-15(4,12-3)20(8,9)18-14(11-2)19(5,6)7/h10,14H,1,11-12H2,2-9H3. The molecule has 0 saturated carbocycles. The lowest BCUT2D eigenvalue weighted by Crippen LogP contribution is -2.60. The van der Waals surface area contributed by atoms with Gasteiger partial charge in [0.05, 0.1) is 8.07 Å². The van der Waals surface area contributed by atoms with Crippen molar-refractivity contribution in [3.8, 4) is 0 Å². The Kier molecular flexibility index (Phi) is 6.91. The number of esters is 1. The van der Waals surface area contributed by atoms with E-state index in [0.717, 1.165) is 12.8 Å². The van der Waals surface area contributed by atoms with Crippen LogP contribution in [0.25, 0.3) is 0 Å². The molecular formula is C15H32O3Si2. The molecule has 0 fully saturated rings. The molecule has 20 heavy (non-hydrogen) atoms. The molecule has 0 aromatic rings. The number of rotatable bonds is 8. The van der Waals surface area contributed by atoms with E-state index in [9.17, 15) is 4.79 Å². The highest BCUT2D eigenvalue weighted by Crippen LogP contribution is 2.32. The van der Waals surface area contributed by atoms with Crippen molar-refractivity contribution < 1.29 is 14.0 Å². The highest BCUT2D eigenvalue weighted by atomic mass is 28.4. The van der Waals surface area contributed by atoms with Crippen molar-refractivity contribution in [1.29, 1.82) is 0 Å². The first-order valence-electron chi connectivity index (χ1n) is 7.46. The first-order chi connectivity index (χ1) is 8.93. The highest BCUT2D eigenvalue weighted by molar-refractivity contribution is 6.80. The molecule has 0 aromatic carbocycles. The molecular weight excluding hydrogens is 284 g/mol. The van der Waals surface area contributed by atoms with E-state index in [1.54, 1.807) is 0 Å². The van der Waals surface area contributed by atoms with Crippen LogP contribution in [0.15, 0.2) is 12.7 Å². The van der Waals surface area contributed by atoms with E-state index in [2.05, 4.69) is 46.2 Å². The predicted molar refractivity (Wildman–Crippen MR) is 91.0 cm³/mol. The lowest BCUT2D eigenvalue weighted by atomic mass is 10.3. The monoisotopic (exact) mass is 316 g/mol. The summed E-state index contributed by atoms with van der Waals surface area (Å²) in [5, 5.41) is -0.522. The summed E-state index contributed by atoms with van der Waals surface area (Å²) in [6, 6.07) is 0. The van der Waals surface area contributed by atoms with Crippen molar-refractivity contribution in [3.05, 3.63) is 12.7 Å². The molecule has 5 heteroatoms. The number of carbonyl (C=O) groups excluding carboxylic acids is 1. The zero-order valence-corrected chi connectivity index (χ0v) is 16.5. The maximum atomic E-state index is 11.6. The average molecular weight is 317 g/mol. The molecule has 0 radical (unpaired) electrons. The van der Waals surface area contributed by atoms with Gasteiger partial charge in [0.1, 0.15) is 5.22 Å². The van der Waals surface area contributed by atoms with E-state index in [0.29, 0.717) is 5.73 Å². The maximum Gasteiger partial charge on any atom is 0.330 e. The lowest BCUT2D eigenvalue weighted by molar-refractivity contribution is -0.147. The van der Waals surface area contributed by atoms with E-state index in [1.165, 1.54) is 6.08 Å². The summed E-state index contributed by atoms with van der Waals surface area (Å²) in [5.41, 5.74) is 0.303. The molecule has 0 N–H and O–H groups in total. The molecule has 0 saturated heterocycles. The Hall–Kier alpha value is -0.396. The normalized spacial score (nSPS) is 17.2. The van der Waals surface area contributed by atoms with Crippen LogP contribution in [0.4, 0.5) is 0 Å². The van der Waals surface area contributed by atoms with Crippen molar-refractivity contribution in [2.45, 2.75) is 77.3 Å². The van der Waals surface area contributed by atoms with E-state index < -0.39 is 21.6 Å². The lowest BCUT2D eigenvalue weighted by Gasteiger charge is -2.44. The predicted octanol–water partition coefficient (Wildman–Crippen LogP) is 4.30. The number of ether oxygens (including phenoxy) is 1. The minimum Gasteiger partial charge on any atom is -0.457 e. The molecule has 0 spiro atoms. The summed E-state index contributed by atoms with van der Waals surface area (Å²) in [6.07, 6.45) is 3.00. The van der Waals surface area contributed by atoms with Crippen LogP contribution in [0.3, 0.4) is 0 Å². The van der Waals surface area contributed by atoms with Gasteiger partial charge in [-0.25, -0.2) is 4.79 Å². The summed E-state index contributed by atoms with van der Waals surface area (Å²) in [5.74, 6) is -0.362. The van der Waals surface area contributed by atoms with Crippen molar-refractivity contribution in [2.75, 3.05) is 0 Å². The van der Waals surface area contributed by atoms with Crippen LogP contribution >= 0.6 is 0 Å². The van der Waals surface area contributed by atoms with Gasteiger partial charge in [-0.2, -0.15) is 0 Å². The fourth-order valence-corrected chi connectivity index (χ4v) is 8.09. The summed E-state index contributed by atoms with van der Waals surface area (Å²) < 4.78 is 12.2. The zero-order chi connectivity index (χ0) is 16.2. The van der Waals surface area contributed by atoms with E-state index in [-0.39, 0.29) is 5.97 Å². The fourth-order valence-electron chi connectivity index (χ4n) is 2.24. The topological polar surface area (TPSA) is 35.5 Å². The quantitative estimate of drug-likeness (QED) is 0.380. The van der Waals surface area contributed by atoms with E-state index in [1.807, 2.05) is 13.8 Å². The van der Waals surface area contributed by atoms with Crippen molar-refractivity contribution >= 4 is 22.4 Å². The smallest absolute Gasteiger partial charge is 0.330 e.